The van der Waals surface area contributed by atoms with Gasteiger partial charge in [0.1, 0.15) is 17.3 Å². The van der Waals surface area contributed by atoms with Gasteiger partial charge in [0.25, 0.3) is 0 Å². The largest absolute Gasteiger partial charge is 0.457 e. The average molecular weight is 241 g/mol. The van der Waals surface area contributed by atoms with Crippen LogP contribution in [0.3, 0.4) is 0 Å². The smallest absolute Gasteiger partial charge is 0.131 e. The molecule has 0 fully saturated rings. The Morgan fingerprint density at radius 1 is 1.22 bits per heavy atom. The maximum Gasteiger partial charge on any atom is 0.131 e. The van der Waals surface area contributed by atoms with Crippen molar-refractivity contribution >= 4 is 0 Å². The summed E-state index contributed by atoms with van der Waals surface area (Å²) in [4.78, 5) is 0. The lowest BCUT2D eigenvalue weighted by molar-refractivity contribution is 0.471. The van der Waals surface area contributed by atoms with E-state index in [0.717, 1.165) is 12.0 Å². The SMILES string of the molecule is CCc1ccccc1Oc1cc(F)cc(C#N)c1. The molecule has 2 aromatic carbocycles. The van der Waals surface area contributed by atoms with Gasteiger partial charge in [0, 0.05) is 6.07 Å². The first kappa shape index (κ1) is 12.1. The highest BCUT2D eigenvalue weighted by Crippen LogP contribution is 2.26. The highest BCUT2D eigenvalue weighted by molar-refractivity contribution is 5.42. The summed E-state index contributed by atoms with van der Waals surface area (Å²) in [7, 11) is 0. The molecule has 0 saturated heterocycles. The number of hydrogen-bond donors (Lipinski definition) is 0. The molecule has 0 unspecified atom stereocenters. The molecule has 0 aliphatic heterocycles. The second-order valence-corrected chi connectivity index (χ2v) is 3.85. The molecule has 0 heterocycles. The molecule has 0 amide bonds. The van der Waals surface area contributed by atoms with Gasteiger partial charge in [0.2, 0.25) is 0 Å². The zero-order chi connectivity index (χ0) is 13.0. The van der Waals surface area contributed by atoms with Crippen molar-refractivity contribution in [1.82, 2.24) is 0 Å². The fourth-order valence-corrected chi connectivity index (χ4v) is 1.71. The third kappa shape index (κ3) is 2.67. The van der Waals surface area contributed by atoms with E-state index in [9.17, 15) is 4.39 Å². The first-order valence-corrected chi connectivity index (χ1v) is 5.69. The molecule has 0 saturated carbocycles. The van der Waals surface area contributed by atoms with Crippen LogP contribution in [-0.2, 0) is 6.42 Å². The van der Waals surface area contributed by atoms with Crippen LogP contribution in [-0.4, -0.2) is 0 Å². The molecule has 2 rings (SSSR count). The minimum absolute atomic E-state index is 0.249. The van der Waals surface area contributed by atoms with E-state index < -0.39 is 5.82 Å². The molecule has 3 heteroatoms. The van der Waals surface area contributed by atoms with Crippen LogP contribution >= 0.6 is 0 Å². The molecule has 0 aliphatic carbocycles. The maximum atomic E-state index is 13.3. The number of hydrogen-bond acceptors (Lipinski definition) is 2. The highest BCUT2D eigenvalue weighted by atomic mass is 19.1. The molecule has 0 spiro atoms. The molecule has 0 aliphatic rings. The summed E-state index contributed by atoms with van der Waals surface area (Å²) < 4.78 is 18.9. The van der Waals surface area contributed by atoms with Crippen LogP contribution in [0.1, 0.15) is 18.1 Å². The van der Waals surface area contributed by atoms with Crippen molar-refractivity contribution in [3.8, 4) is 17.6 Å². The van der Waals surface area contributed by atoms with E-state index in [2.05, 4.69) is 0 Å². The topological polar surface area (TPSA) is 33.0 Å². The monoisotopic (exact) mass is 241 g/mol. The Morgan fingerprint density at radius 3 is 2.72 bits per heavy atom. The van der Waals surface area contributed by atoms with Crippen molar-refractivity contribution in [2.75, 3.05) is 0 Å². The molecular weight excluding hydrogens is 229 g/mol. The number of ether oxygens (including phenoxy) is 1. The predicted octanol–water partition coefficient (Wildman–Crippen LogP) is 4.05. The predicted molar refractivity (Wildman–Crippen MR) is 67.0 cm³/mol. The van der Waals surface area contributed by atoms with Gasteiger partial charge >= 0.3 is 0 Å². The summed E-state index contributed by atoms with van der Waals surface area (Å²) in [5.74, 6) is 0.556. The summed E-state index contributed by atoms with van der Waals surface area (Å²) in [5.41, 5.74) is 1.29. The lowest BCUT2D eigenvalue weighted by Crippen LogP contribution is -1.91. The summed E-state index contributed by atoms with van der Waals surface area (Å²) in [5, 5.41) is 8.78. The Morgan fingerprint density at radius 2 is 2.00 bits per heavy atom. The summed E-state index contributed by atoms with van der Waals surface area (Å²) >= 11 is 0. The second-order valence-electron chi connectivity index (χ2n) is 3.85. The van der Waals surface area contributed by atoms with Gasteiger partial charge in [-0.3, -0.25) is 0 Å². The Labute approximate surface area is 105 Å². The van der Waals surface area contributed by atoms with Crippen LogP contribution in [0, 0.1) is 17.1 Å². The Kier molecular flexibility index (Phi) is 3.59. The molecule has 0 bridgehead atoms. The van der Waals surface area contributed by atoms with Gasteiger partial charge in [0.05, 0.1) is 11.6 Å². The third-order valence-corrected chi connectivity index (χ3v) is 2.58. The summed E-state index contributed by atoms with van der Waals surface area (Å²) in [6.07, 6.45) is 0.830. The van der Waals surface area contributed by atoms with Gasteiger partial charge in [-0.1, -0.05) is 25.1 Å². The number of benzene rings is 2. The van der Waals surface area contributed by atoms with Crippen LogP contribution in [0.2, 0.25) is 0 Å². The second kappa shape index (κ2) is 5.33. The number of nitriles is 1. The van der Waals surface area contributed by atoms with E-state index >= 15 is 0 Å². The zero-order valence-electron chi connectivity index (χ0n) is 9.98. The van der Waals surface area contributed by atoms with Crippen LogP contribution in [0.15, 0.2) is 42.5 Å². The van der Waals surface area contributed by atoms with Gasteiger partial charge in [-0.15, -0.1) is 0 Å². The molecule has 0 radical (unpaired) electrons. The van der Waals surface area contributed by atoms with Crippen molar-refractivity contribution in [1.29, 1.82) is 5.26 Å². The zero-order valence-corrected chi connectivity index (χ0v) is 9.98. The van der Waals surface area contributed by atoms with Gasteiger partial charge in [-0.2, -0.15) is 5.26 Å². The Balaban J connectivity index is 2.34. The van der Waals surface area contributed by atoms with Gasteiger partial charge in [0.15, 0.2) is 0 Å². The molecule has 90 valence electrons. The van der Waals surface area contributed by atoms with E-state index in [4.69, 9.17) is 10.00 Å². The number of nitrogens with zero attached hydrogens (tertiary/aromatic N) is 1. The van der Waals surface area contributed by atoms with Gasteiger partial charge in [-0.25, -0.2) is 4.39 Å². The van der Waals surface area contributed by atoms with E-state index in [-0.39, 0.29) is 5.56 Å². The van der Waals surface area contributed by atoms with Crippen LogP contribution in [0.25, 0.3) is 0 Å². The highest BCUT2D eigenvalue weighted by Gasteiger charge is 2.05. The molecule has 2 aromatic rings. The lowest BCUT2D eigenvalue weighted by atomic mass is 10.1. The fourth-order valence-electron chi connectivity index (χ4n) is 1.71. The average Bonchev–Trinajstić information content (AvgIpc) is 2.38. The lowest BCUT2D eigenvalue weighted by Gasteiger charge is -2.10. The summed E-state index contributed by atoms with van der Waals surface area (Å²) in [6, 6.07) is 13.5. The maximum absolute atomic E-state index is 13.3. The molecule has 0 aromatic heterocycles. The standard InChI is InChI=1S/C15H12FNO/c1-2-12-5-3-4-6-15(12)18-14-8-11(10-17)7-13(16)9-14/h3-9H,2H2,1H3. The minimum Gasteiger partial charge on any atom is -0.457 e. The van der Waals surface area contributed by atoms with Gasteiger partial charge < -0.3 is 4.74 Å². The number of halogens is 1. The molecule has 2 nitrogen and oxygen atoms in total. The van der Waals surface area contributed by atoms with Crippen molar-refractivity contribution in [2.45, 2.75) is 13.3 Å². The van der Waals surface area contributed by atoms with E-state index in [0.29, 0.717) is 11.5 Å². The third-order valence-electron chi connectivity index (χ3n) is 2.58. The molecular formula is C15H12FNO. The van der Waals surface area contributed by atoms with Crippen LogP contribution < -0.4 is 4.74 Å². The molecule has 0 atom stereocenters. The quantitative estimate of drug-likeness (QED) is 0.812. The molecule has 0 N–H and O–H groups in total. The van der Waals surface area contributed by atoms with E-state index in [1.54, 1.807) is 0 Å². The van der Waals surface area contributed by atoms with Crippen LogP contribution in [0.4, 0.5) is 4.39 Å². The first-order chi connectivity index (χ1) is 8.72. The number of aryl methyl sites for hydroxylation is 1. The first-order valence-electron chi connectivity index (χ1n) is 5.69. The number of para-hydroxylation sites is 1. The Hall–Kier alpha value is -2.34. The minimum atomic E-state index is -0.474. The van der Waals surface area contributed by atoms with E-state index in [1.165, 1.54) is 18.2 Å². The van der Waals surface area contributed by atoms with Crippen molar-refractivity contribution in [3.05, 3.63) is 59.4 Å². The fraction of sp³-hybridized carbons (Fsp3) is 0.133. The van der Waals surface area contributed by atoms with Crippen molar-refractivity contribution < 1.29 is 9.13 Å². The van der Waals surface area contributed by atoms with E-state index in [1.807, 2.05) is 37.3 Å². The van der Waals surface area contributed by atoms with Crippen molar-refractivity contribution in [2.24, 2.45) is 0 Å². The van der Waals surface area contributed by atoms with Gasteiger partial charge in [-0.05, 0) is 30.2 Å². The number of rotatable bonds is 3. The van der Waals surface area contributed by atoms with Crippen molar-refractivity contribution in [3.63, 3.8) is 0 Å². The normalized spacial score (nSPS) is 9.83. The Bertz CT molecular complexity index is 602. The summed E-state index contributed by atoms with van der Waals surface area (Å²) in [6.45, 7) is 2.02. The van der Waals surface area contributed by atoms with Crippen LogP contribution in [0.5, 0.6) is 11.5 Å². The molecule has 18 heavy (non-hydrogen) atoms.